The Hall–Kier alpha value is -2.80. The van der Waals surface area contributed by atoms with E-state index in [1.165, 1.54) is 11.3 Å². The third-order valence-corrected chi connectivity index (χ3v) is 5.78. The SMILES string of the molecule is Cn1c(=O)c(N)c(N2CCN(C(=O)c3cccs3)CC2)c2ccccc21. The van der Waals surface area contributed by atoms with Gasteiger partial charge in [0.2, 0.25) is 0 Å². The third kappa shape index (κ3) is 2.64. The number of hydrogen-bond donors (Lipinski definition) is 1. The fourth-order valence-corrected chi connectivity index (χ4v) is 4.22. The van der Waals surface area contributed by atoms with Crippen LogP contribution in [0.4, 0.5) is 11.4 Å². The Morgan fingerprint density at radius 2 is 1.81 bits per heavy atom. The van der Waals surface area contributed by atoms with Crippen molar-refractivity contribution in [3.63, 3.8) is 0 Å². The summed E-state index contributed by atoms with van der Waals surface area (Å²) < 4.78 is 1.59. The Morgan fingerprint density at radius 3 is 2.50 bits per heavy atom. The molecule has 0 saturated carbocycles. The standard InChI is InChI=1S/C19H20N4O2S/c1-21-14-6-3-2-5-13(14)17(16(20)19(21)25)22-8-10-23(11-9-22)18(24)15-7-4-12-26-15/h2-7,12H,8-11,20H2,1H3. The van der Waals surface area contributed by atoms with Gasteiger partial charge in [-0.1, -0.05) is 24.3 Å². The van der Waals surface area contributed by atoms with Gasteiger partial charge < -0.3 is 20.1 Å². The van der Waals surface area contributed by atoms with Gasteiger partial charge in [-0.15, -0.1) is 11.3 Å². The molecule has 1 fully saturated rings. The summed E-state index contributed by atoms with van der Waals surface area (Å²) in [6.07, 6.45) is 0. The lowest BCUT2D eigenvalue weighted by molar-refractivity contribution is 0.0752. The molecule has 1 amide bonds. The number of nitrogens with two attached hydrogens (primary N) is 1. The number of nitrogen functional groups attached to an aromatic ring is 1. The monoisotopic (exact) mass is 368 g/mol. The van der Waals surface area contributed by atoms with E-state index in [1.54, 1.807) is 11.6 Å². The maximum absolute atomic E-state index is 12.5. The smallest absolute Gasteiger partial charge is 0.276 e. The number of amides is 1. The molecule has 2 N–H and O–H groups in total. The number of piperazine rings is 1. The molecule has 1 aliphatic rings. The van der Waals surface area contributed by atoms with Crippen LogP contribution in [-0.2, 0) is 7.05 Å². The van der Waals surface area contributed by atoms with Gasteiger partial charge in [0.25, 0.3) is 11.5 Å². The topological polar surface area (TPSA) is 71.6 Å². The van der Waals surface area contributed by atoms with Gasteiger partial charge in [0, 0.05) is 38.6 Å². The second-order valence-electron chi connectivity index (χ2n) is 6.40. The highest BCUT2D eigenvalue weighted by molar-refractivity contribution is 7.12. The summed E-state index contributed by atoms with van der Waals surface area (Å²) in [5.41, 5.74) is 7.93. The number of carbonyl (C=O) groups is 1. The zero-order valence-corrected chi connectivity index (χ0v) is 15.3. The number of nitrogens with zero attached hydrogens (tertiary/aromatic N) is 3. The molecule has 0 radical (unpaired) electrons. The quantitative estimate of drug-likeness (QED) is 0.752. The predicted octanol–water partition coefficient (Wildman–Crippen LogP) is 2.14. The van der Waals surface area contributed by atoms with Crippen molar-refractivity contribution >= 4 is 39.5 Å². The minimum atomic E-state index is -0.184. The van der Waals surface area contributed by atoms with Crippen LogP contribution < -0.4 is 16.2 Å². The molecule has 0 spiro atoms. The lowest BCUT2D eigenvalue weighted by Crippen LogP contribution is -2.49. The Morgan fingerprint density at radius 1 is 1.08 bits per heavy atom. The van der Waals surface area contributed by atoms with Crippen molar-refractivity contribution in [3.05, 3.63) is 57.0 Å². The van der Waals surface area contributed by atoms with Crippen molar-refractivity contribution in [3.8, 4) is 0 Å². The first kappa shape index (κ1) is 16.7. The minimum absolute atomic E-state index is 0.0708. The average Bonchev–Trinajstić information content (AvgIpc) is 3.21. The molecule has 3 aromatic rings. The highest BCUT2D eigenvalue weighted by Crippen LogP contribution is 2.31. The summed E-state index contributed by atoms with van der Waals surface area (Å²) in [6.45, 7) is 2.52. The fraction of sp³-hybridized carbons (Fsp3) is 0.263. The van der Waals surface area contributed by atoms with Gasteiger partial charge >= 0.3 is 0 Å². The normalized spacial score (nSPS) is 14.8. The number of pyridine rings is 1. The van der Waals surface area contributed by atoms with Crippen LogP contribution in [0.25, 0.3) is 10.9 Å². The predicted molar refractivity (Wildman–Crippen MR) is 106 cm³/mol. The molecule has 6 nitrogen and oxygen atoms in total. The molecular weight excluding hydrogens is 348 g/mol. The number of thiophene rings is 1. The van der Waals surface area contributed by atoms with Gasteiger partial charge in [0.05, 0.1) is 16.1 Å². The maximum Gasteiger partial charge on any atom is 0.276 e. The summed E-state index contributed by atoms with van der Waals surface area (Å²) in [4.78, 5) is 29.8. The van der Waals surface area contributed by atoms with Crippen molar-refractivity contribution in [2.24, 2.45) is 7.05 Å². The molecule has 0 aliphatic carbocycles. The maximum atomic E-state index is 12.5. The number of anilines is 2. The molecule has 1 aliphatic heterocycles. The highest BCUT2D eigenvalue weighted by atomic mass is 32.1. The van der Waals surface area contributed by atoms with E-state index in [4.69, 9.17) is 5.73 Å². The summed E-state index contributed by atoms with van der Waals surface area (Å²) in [7, 11) is 1.74. The Kier molecular flexibility index (Phi) is 4.16. The Balaban J connectivity index is 1.64. The largest absolute Gasteiger partial charge is 0.393 e. The number of fused-ring (bicyclic) bond motifs is 1. The molecular formula is C19H20N4O2S. The van der Waals surface area contributed by atoms with E-state index < -0.39 is 0 Å². The van der Waals surface area contributed by atoms with Crippen molar-refractivity contribution in [2.75, 3.05) is 36.8 Å². The summed E-state index contributed by atoms with van der Waals surface area (Å²) >= 11 is 1.46. The molecule has 2 aromatic heterocycles. The second kappa shape index (κ2) is 6.49. The molecule has 1 aromatic carbocycles. The number of benzene rings is 1. The van der Waals surface area contributed by atoms with Crippen LogP contribution in [0, 0.1) is 0 Å². The van der Waals surface area contributed by atoms with Gasteiger partial charge in [-0.25, -0.2) is 0 Å². The molecule has 134 valence electrons. The molecule has 1 saturated heterocycles. The van der Waals surface area contributed by atoms with E-state index in [1.807, 2.05) is 46.7 Å². The highest BCUT2D eigenvalue weighted by Gasteiger charge is 2.26. The second-order valence-corrected chi connectivity index (χ2v) is 7.35. The van der Waals surface area contributed by atoms with Crippen LogP contribution in [0.15, 0.2) is 46.6 Å². The lowest BCUT2D eigenvalue weighted by Gasteiger charge is -2.37. The van der Waals surface area contributed by atoms with Crippen molar-refractivity contribution in [1.29, 1.82) is 0 Å². The van der Waals surface area contributed by atoms with E-state index in [0.29, 0.717) is 26.2 Å². The van der Waals surface area contributed by atoms with Crippen molar-refractivity contribution in [2.45, 2.75) is 0 Å². The van der Waals surface area contributed by atoms with Gasteiger partial charge in [-0.2, -0.15) is 0 Å². The van der Waals surface area contributed by atoms with Gasteiger partial charge in [-0.05, 0) is 17.5 Å². The molecule has 3 heterocycles. The first-order valence-corrected chi connectivity index (χ1v) is 9.41. The van der Waals surface area contributed by atoms with Gasteiger partial charge in [-0.3, -0.25) is 9.59 Å². The van der Waals surface area contributed by atoms with Gasteiger partial charge in [0.1, 0.15) is 5.69 Å². The van der Waals surface area contributed by atoms with Gasteiger partial charge in [0.15, 0.2) is 0 Å². The average molecular weight is 368 g/mol. The Bertz CT molecular complexity index is 1020. The first-order valence-electron chi connectivity index (χ1n) is 8.53. The number of para-hydroxylation sites is 1. The summed E-state index contributed by atoms with van der Waals surface area (Å²) in [6, 6.07) is 11.5. The van der Waals surface area contributed by atoms with Crippen LogP contribution >= 0.6 is 11.3 Å². The first-order chi connectivity index (χ1) is 12.6. The molecule has 0 bridgehead atoms. The molecule has 0 unspecified atom stereocenters. The fourth-order valence-electron chi connectivity index (χ4n) is 3.53. The van der Waals surface area contributed by atoms with Crippen molar-refractivity contribution < 1.29 is 4.79 Å². The van der Waals surface area contributed by atoms with E-state index in [2.05, 4.69) is 4.90 Å². The van der Waals surface area contributed by atoms with E-state index in [0.717, 1.165) is 21.5 Å². The summed E-state index contributed by atoms with van der Waals surface area (Å²) in [5, 5.41) is 2.88. The third-order valence-electron chi connectivity index (χ3n) is 4.93. The number of carbonyl (C=O) groups excluding carboxylic acids is 1. The molecule has 4 rings (SSSR count). The van der Waals surface area contributed by atoms with Crippen LogP contribution in [0.1, 0.15) is 9.67 Å². The van der Waals surface area contributed by atoms with E-state index in [9.17, 15) is 9.59 Å². The van der Waals surface area contributed by atoms with Crippen LogP contribution in [0.3, 0.4) is 0 Å². The molecule has 7 heteroatoms. The van der Waals surface area contributed by atoms with E-state index >= 15 is 0 Å². The molecule has 0 atom stereocenters. The summed E-state index contributed by atoms with van der Waals surface area (Å²) in [5.74, 6) is 0.0708. The van der Waals surface area contributed by atoms with Crippen LogP contribution in [0.2, 0.25) is 0 Å². The number of aromatic nitrogens is 1. The van der Waals surface area contributed by atoms with Crippen LogP contribution in [-0.4, -0.2) is 41.6 Å². The van der Waals surface area contributed by atoms with Crippen LogP contribution in [0.5, 0.6) is 0 Å². The number of aryl methyl sites for hydroxylation is 1. The van der Waals surface area contributed by atoms with E-state index in [-0.39, 0.29) is 17.2 Å². The van der Waals surface area contributed by atoms with Crippen molar-refractivity contribution in [1.82, 2.24) is 9.47 Å². The number of hydrogen-bond acceptors (Lipinski definition) is 5. The lowest BCUT2D eigenvalue weighted by atomic mass is 10.1. The number of rotatable bonds is 2. The Labute approximate surface area is 155 Å². The zero-order valence-electron chi connectivity index (χ0n) is 14.5. The zero-order chi connectivity index (χ0) is 18.3. The molecule has 26 heavy (non-hydrogen) atoms. The minimum Gasteiger partial charge on any atom is -0.393 e.